The summed E-state index contributed by atoms with van der Waals surface area (Å²) in [7, 11) is -3.46. The van der Waals surface area contributed by atoms with E-state index in [0.717, 1.165) is 11.1 Å². The Morgan fingerprint density at radius 2 is 1.65 bits per heavy atom. The van der Waals surface area contributed by atoms with Gasteiger partial charge in [-0.2, -0.15) is 0 Å². The third-order valence-electron chi connectivity index (χ3n) is 3.64. The Kier molecular flexibility index (Phi) is 3.53. The molecule has 0 radical (unpaired) electrons. The fraction of sp³-hybridized carbons (Fsp3) is 0.200. The van der Waals surface area contributed by atoms with Gasteiger partial charge in [0.05, 0.1) is 15.5 Å². The summed E-state index contributed by atoms with van der Waals surface area (Å²) in [6.07, 6.45) is 0.454. The first-order valence-corrected chi connectivity index (χ1v) is 8.57. The smallest absolute Gasteiger partial charge is 0.183 e. The van der Waals surface area contributed by atoms with Crippen molar-refractivity contribution < 1.29 is 8.42 Å². The molecule has 2 aromatic rings. The number of benzene rings is 2. The van der Waals surface area contributed by atoms with Gasteiger partial charge >= 0.3 is 0 Å². The molecule has 2 aromatic carbocycles. The van der Waals surface area contributed by atoms with E-state index in [-0.39, 0.29) is 4.90 Å². The Labute approximate surface area is 128 Å². The molecule has 20 heavy (non-hydrogen) atoms. The normalized spacial score (nSPS) is 21.7. The SMILES string of the molecule is O=S(=O)(c1ccc(Cl)cc1)[C@H]1Cc2ccccc2[C@@H]1Cl. The van der Waals surface area contributed by atoms with Crippen LogP contribution in [0, 0.1) is 0 Å². The molecule has 1 aliphatic rings. The highest BCUT2D eigenvalue weighted by Gasteiger charge is 2.40. The molecule has 5 heteroatoms. The Morgan fingerprint density at radius 1 is 1.00 bits per heavy atom. The molecule has 0 bridgehead atoms. The summed E-state index contributed by atoms with van der Waals surface area (Å²) in [5.74, 6) is 0. The minimum atomic E-state index is -3.46. The molecule has 2 nitrogen and oxygen atoms in total. The molecule has 0 spiro atoms. The summed E-state index contributed by atoms with van der Waals surface area (Å²) in [6, 6.07) is 13.8. The summed E-state index contributed by atoms with van der Waals surface area (Å²) >= 11 is 12.2. The van der Waals surface area contributed by atoms with Crippen LogP contribution in [-0.2, 0) is 16.3 Å². The first-order valence-electron chi connectivity index (χ1n) is 6.21. The zero-order valence-corrected chi connectivity index (χ0v) is 12.8. The summed E-state index contributed by atoms with van der Waals surface area (Å²) in [5, 5.41) is -0.615. The van der Waals surface area contributed by atoms with Crippen LogP contribution >= 0.6 is 23.2 Å². The van der Waals surface area contributed by atoms with Crippen molar-refractivity contribution in [1.29, 1.82) is 0 Å². The van der Waals surface area contributed by atoms with Gasteiger partial charge < -0.3 is 0 Å². The van der Waals surface area contributed by atoms with Crippen molar-refractivity contribution in [3.63, 3.8) is 0 Å². The van der Waals surface area contributed by atoms with E-state index in [1.54, 1.807) is 12.1 Å². The molecule has 3 rings (SSSR count). The maximum Gasteiger partial charge on any atom is 0.183 e. The van der Waals surface area contributed by atoms with Crippen LogP contribution in [-0.4, -0.2) is 13.7 Å². The van der Waals surface area contributed by atoms with E-state index < -0.39 is 20.5 Å². The van der Waals surface area contributed by atoms with Crippen LogP contribution in [0.1, 0.15) is 16.5 Å². The predicted molar refractivity (Wildman–Crippen MR) is 81.2 cm³/mol. The molecule has 0 amide bonds. The van der Waals surface area contributed by atoms with Crippen molar-refractivity contribution >= 4 is 33.0 Å². The number of hydrogen-bond acceptors (Lipinski definition) is 2. The molecule has 0 saturated heterocycles. The first kappa shape index (κ1) is 13.9. The molecule has 1 aliphatic carbocycles. The molecule has 0 aromatic heterocycles. The largest absolute Gasteiger partial charge is 0.223 e. The lowest BCUT2D eigenvalue weighted by Gasteiger charge is -2.15. The predicted octanol–water partition coefficient (Wildman–Crippen LogP) is 4.02. The second-order valence-electron chi connectivity index (χ2n) is 4.84. The van der Waals surface area contributed by atoms with Gasteiger partial charge in [-0.05, 0) is 41.8 Å². The second-order valence-corrected chi connectivity index (χ2v) is 7.92. The average Bonchev–Trinajstić information content (AvgIpc) is 2.78. The van der Waals surface area contributed by atoms with E-state index in [1.165, 1.54) is 12.1 Å². The molecule has 0 fully saturated rings. The van der Waals surface area contributed by atoms with Gasteiger partial charge in [-0.3, -0.25) is 0 Å². The standard InChI is InChI=1S/C15H12Cl2O2S/c16-11-5-7-12(8-6-11)20(18,19)14-9-10-3-1-2-4-13(10)15(14)17/h1-8,14-15H,9H2/t14-,15-/m0/s1. The minimum Gasteiger partial charge on any atom is -0.223 e. The second kappa shape index (κ2) is 5.06. The number of halogens is 2. The molecular formula is C15H12Cl2O2S. The van der Waals surface area contributed by atoms with Crippen LogP contribution in [0.5, 0.6) is 0 Å². The van der Waals surface area contributed by atoms with Crippen molar-refractivity contribution in [2.45, 2.75) is 21.9 Å². The van der Waals surface area contributed by atoms with Gasteiger partial charge in [-0.15, -0.1) is 11.6 Å². The van der Waals surface area contributed by atoms with Crippen LogP contribution < -0.4 is 0 Å². The van der Waals surface area contributed by atoms with E-state index in [1.807, 2.05) is 24.3 Å². The third-order valence-corrected chi connectivity index (χ3v) is 6.75. The molecule has 0 N–H and O–H groups in total. The van der Waals surface area contributed by atoms with Crippen LogP contribution in [0.25, 0.3) is 0 Å². The van der Waals surface area contributed by atoms with Gasteiger partial charge in [0.15, 0.2) is 9.84 Å². The van der Waals surface area contributed by atoms with E-state index in [0.29, 0.717) is 11.4 Å². The highest BCUT2D eigenvalue weighted by atomic mass is 35.5. The van der Waals surface area contributed by atoms with Gasteiger partial charge in [0, 0.05) is 5.02 Å². The number of fused-ring (bicyclic) bond motifs is 1. The monoisotopic (exact) mass is 326 g/mol. The Bertz CT molecular complexity index is 739. The van der Waals surface area contributed by atoms with Crippen LogP contribution in [0.15, 0.2) is 53.4 Å². The molecule has 0 unspecified atom stereocenters. The fourth-order valence-electron chi connectivity index (χ4n) is 2.58. The molecule has 0 aliphatic heterocycles. The molecule has 0 heterocycles. The van der Waals surface area contributed by atoms with Gasteiger partial charge in [0.1, 0.15) is 0 Å². The number of hydrogen-bond donors (Lipinski definition) is 0. The maximum atomic E-state index is 12.7. The van der Waals surface area contributed by atoms with Crippen molar-refractivity contribution in [2.24, 2.45) is 0 Å². The zero-order chi connectivity index (χ0) is 14.3. The molecule has 0 saturated carbocycles. The molecule has 2 atom stereocenters. The number of alkyl halides is 1. The highest BCUT2D eigenvalue weighted by Crippen LogP contribution is 2.41. The average molecular weight is 327 g/mol. The maximum absolute atomic E-state index is 12.7. The van der Waals surface area contributed by atoms with Crippen molar-refractivity contribution in [3.8, 4) is 0 Å². The lowest BCUT2D eigenvalue weighted by Crippen LogP contribution is -2.23. The van der Waals surface area contributed by atoms with Gasteiger partial charge in [-0.1, -0.05) is 35.9 Å². The Morgan fingerprint density at radius 3 is 2.30 bits per heavy atom. The first-order chi connectivity index (χ1) is 9.50. The molecule has 104 valence electrons. The van der Waals surface area contributed by atoms with Crippen molar-refractivity contribution in [1.82, 2.24) is 0 Å². The minimum absolute atomic E-state index is 0.269. The Hall–Kier alpha value is -1.03. The van der Waals surface area contributed by atoms with Crippen LogP contribution in [0.4, 0.5) is 0 Å². The summed E-state index contributed by atoms with van der Waals surface area (Å²) in [6.45, 7) is 0. The van der Waals surface area contributed by atoms with Gasteiger partial charge in [-0.25, -0.2) is 8.42 Å². The highest BCUT2D eigenvalue weighted by molar-refractivity contribution is 7.92. The summed E-state index contributed by atoms with van der Waals surface area (Å²) < 4.78 is 25.4. The topological polar surface area (TPSA) is 34.1 Å². The Balaban J connectivity index is 2.00. The fourth-order valence-corrected chi connectivity index (χ4v) is 5.14. The van der Waals surface area contributed by atoms with E-state index in [9.17, 15) is 8.42 Å². The van der Waals surface area contributed by atoms with Gasteiger partial charge in [0.2, 0.25) is 0 Å². The van der Waals surface area contributed by atoms with Gasteiger partial charge in [0.25, 0.3) is 0 Å². The lowest BCUT2D eigenvalue weighted by molar-refractivity contribution is 0.579. The summed E-state index contributed by atoms with van der Waals surface area (Å²) in [4.78, 5) is 0.269. The van der Waals surface area contributed by atoms with Crippen molar-refractivity contribution in [2.75, 3.05) is 0 Å². The van der Waals surface area contributed by atoms with E-state index in [4.69, 9.17) is 23.2 Å². The van der Waals surface area contributed by atoms with Crippen LogP contribution in [0.2, 0.25) is 5.02 Å². The van der Waals surface area contributed by atoms with Crippen molar-refractivity contribution in [3.05, 3.63) is 64.7 Å². The summed E-state index contributed by atoms with van der Waals surface area (Å²) in [5.41, 5.74) is 1.92. The quantitative estimate of drug-likeness (QED) is 0.781. The van der Waals surface area contributed by atoms with Crippen LogP contribution in [0.3, 0.4) is 0 Å². The molecular weight excluding hydrogens is 315 g/mol. The van der Waals surface area contributed by atoms with E-state index >= 15 is 0 Å². The number of sulfone groups is 1. The third kappa shape index (κ3) is 2.24. The number of rotatable bonds is 2. The van der Waals surface area contributed by atoms with E-state index in [2.05, 4.69) is 0 Å². The zero-order valence-electron chi connectivity index (χ0n) is 10.5. The lowest BCUT2D eigenvalue weighted by atomic mass is 10.1.